The molecule has 0 fully saturated rings. The van der Waals surface area contributed by atoms with Crippen LogP contribution in [0.5, 0.6) is 12.0 Å². The van der Waals surface area contributed by atoms with Crippen LogP contribution in [0.2, 0.25) is 0 Å². The van der Waals surface area contributed by atoms with Gasteiger partial charge in [0, 0.05) is 0 Å². The smallest absolute Gasteiger partial charge is 0.353 e. The predicted octanol–water partition coefficient (Wildman–Crippen LogP) is 1.52. The van der Waals surface area contributed by atoms with Gasteiger partial charge in [0.25, 0.3) is 0 Å². The number of rotatable bonds is 6. The number of aromatic nitrogens is 3. The van der Waals surface area contributed by atoms with Crippen molar-refractivity contribution in [2.75, 3.05) is 0 Å². The highest BCUT2D eigenvalue weighted by atomic mass is 16.5. The predicted molar refractivity (Wildman–Crippen MR) is 63.4 cm³/mol. The molecule has 0 aromatic carbocycles. The maximum absolute atomic E-state index is 11.3. The number of aromatic amines is 1. The van der Waals surface area contributed by atoms with Crippen LogP contribution in [0.4, 0.5) is 0 Å². The van der Waals surface area contributed by atoms with Gasteiger partial charge in [-0.25, -0.2) is 4.79 Å². The summed E-state index contributed by atoms with van der Waals surface area (Å²) in [6, 6.07) is 0.207. The van der Waals surface area contributed by atoms with Crippen molar-refractivity contribution < 1.29 is 9.47 Å². The van der Waals surface area contributed by atoms with Crippen LogP contribution < -0.4 is 15.2 Å². The van der Waals surface area contributed by atoms with Crippen molar-refractivity contribution in [2.24, 2.45) is 0 Å². The number of ether oxygens (including phenoxy) is 2. The van der Waals surface area contributed by atoms with Gasteiger partial charge in [0.05, 0.1) is 12.2 Å². The van der Waals surface area contributed by atoms with Gasteiger partial charge < -0.3 is 9.47 Å². The minimum atomic E-state index is -0.517. The van der Waals surface area contributed by atoms with Crippen LogP contribution >= 0.6 is 0 Å². The Hall–Kier alpha value is -1.59. The molecule has 0 radical (unpaired) electrons. The highest BCUT2D eigenvalue weighted by molar-refractivity contribution is 5.00. The standard InChI is InChI=1S/C11H19N3O3/c1-5-7(3)16-10-12-9(15)13-11(14-10)17-8(4)6-2/h7-8H,5-6H2,1-4H3,(H,12,13,14,15). The van der Waals surface area contributed by atoms with Crippen molar-refractivity contribution in [1.29, 1.82) is 0 Å². The molecule has 0 aliphatic rings. The lowest BCUT2D eigenvalue weighted by atomic mass is 10.3. The van der Waals surface area contributed by atoms with E-state index < -0.39 is 5.69 Å². The van der Waals surface area contributed by atoms with Crippen molar-refractivity contribution >= 4 is 0 Å². The molecule has 0 saturated heterocycles. The largest absolute Gasteiger partial charge is 0.462 e. The zero-order chi connectivity index (χ0) is 12.8. The average Bonchev–Trinajstić information content (AvgIpc) is 2.27. The molecule has 1 N–H and O–H groups in total. The second-order valence-electron chi connectivity index (χ2n) is 3.91. The van der Waals surface area contributed by atoms with Gasteiger partial charge in [-0.05, 0) is 26.7 Å². The molecule has 0 saturated carbocycles. The summed E-state index contributed by atoms with van der Waals surface area (Å²) in [5.74, 6) is 0. The Labute approximate surface area is 100 Å². The van der Waals surface area contributed by atoms with Gasteiger partial charge in [0.15, 0.2) is 0 Å². The molecule has 0 aliphatic heterocycles. The third-order valence-corrected chi connectivity index (χ3v) is 2.38. The summed E-state index contributed by atoms with van der Waals surface area (Å²) in [6.07, 6.45) is 1.59. The highest BCUT2D eigenvalue weighted by Crippen LogP contribution is 2.09. The number of H-pyrrole nitrogens is 1. The molecule has 1 aromatic heterocycles. The van der Waals surface area contributed by atoms with Crippen molar-refractivity contribution in [3.8, 4) is 12.0 Å². The first-order valence-corrected chi connectivity index (χ1v) is 5.86. The number of nitrogens with zero attached hydrogens (tertiary/aromatic N) is 2. The summed E-state index contributed by atoms with van der Waals surface area (Å²) in [7, 11) is 0. The molecule has 6 nitrogen and oxygen atoms in total. The van der Waals surface area contributed by atoms with Gasteiger partial charge in [0.1, 0.15) is 0 Å². The molecule has 17 heavy (non-hydrogen) atoms. The van der Waals surface area contributed by atoms with E-state index in [4.69, 9.17) is 9.47 Å². The van der Waals surface area contributed by atoms with Crippen molar-refractivity contribution in [1.82, 2.24) is 15.0 Å². The molecule has 0 aliphatic carbocycles. The van der Waals surface area contributed by atoms with Crippen molar-refractivity contribution in [3.63, 3.8) is 0 Å². The van der Waals surface area contributed by atoms with Gasteiger partial charge in [-0.3, -0.25) is 4.98 Å². The van der Waals surface area contributed by atoms with E-state index in [1.807, 2.05) is 27.7 Å². The molecule has 0 amide bonds. The Balaban J connectivity index is 2.82. The number of nitrogens with one attached hydrogen (secondary N) is 1. The molecule has 1 heterocycles. The molecule has 0 spiro atoms. The van der Waals surface area contributed by atoms with Gasteiger partial charge in [0.2, 0.25) is 0 Å². The quantitative estimate of drug-likeness (QED) is 0.817. The molecule has 2 unspecified atom stereocenters. The van der Waals surface area contributed by atoms with E-state index in [0.717, 1.165) is 12.8 Å². The Morgan fingerprint density at radius 3 is 2.29 bits per heavy atom. The fourth-order valence-electron chi connectivity index (χ4n) is 0.992. The Bertz CT molecular complexity index is 372. The second-order valence-corrected chi connectivity index (χ2v) is 3.91. The van der Waals surface area contributed by atoms with Gasteiger partial charge in [-0.15, -0.1) is 9.97 Å². The van der Waals surface area contributed by atoms with Crippen LogP contribution in [-0.4, -0.2) is 27.2 Å². The normalized spacial score (nSPS) is 14.1. The van der Waals surface area contributed by atoms with Crippen LogP contribution in [0, 0.1) is 0 Å². The monoisotopic (exact) mass is 241 g/mol. The van der Waals surface area contributed by atoms with Gasteiger partial charge in [-0.2, -0.15) is 0 Å². The summed E-state index contributed by atoms with van der Waals surface area (Å²) >= 11 is 0. The second kappa shape index (κ2) is 6.22. The maximum atomic E-state index is 11.3. The lowest BCUT2D eigenvalue weighted by Crippen LogP contribution is -2.21. The zero-order valence-electron chi connectivity index (χ0n) is 10.7. The van der Waals surface area contributed by atoms with Crippen LogP contribution in [0.15, 0.2) is 4.79 Å². The Morgan fingerprint density at radius 2 is 1.71 bits per heavy atom. The molecule has 1 aromatic rings. The van der Waals surface area contributed by atoms with E-state index in [0.29, 0.717) is 0 Å². The first kappa shape index (κ1) is 13.5. The SMILES string of the molecule is CCC(C)Oc1nc(OC(C)CC)[nH]c(=O)n1. The first-order chi connectivity index (χ1) is 8.05. The molecule has 96 valence electrons. The third-order valence-electron chi connectivity index (χ3n) is 2.38. The van der Waals surface area contributed by atoms with Gasteiger partial charge >= 0.3 is 17.7 Å². The van der Waals surface area contributed by atoms with Gasteiger partial charge in [-0.1, -0.05) is 13.8 Å². The minimum absolute atomic E-state index is 0.0167. The number of hydrogen-bond acceptors (Lipinski definition) is 5. The summed E-state index contributed by atoms with van der Waals surface area (Å²) < 4.78 is 10.8. The zero-order valence-corrected chi connectivity index (χ0v) is 10.7. The fraction of sp³-hybridized carbons (Fsp3) is 0.727. The summed E-state index contributed by atoms with van der Waals surface area (Å²) in [6.45, 7) is 7.75. The van der Waals surface area contributed by atoms with Crippen LogP contribution in [0.25, 0.3) is 0 Å². The van der Waals surface area contributed by atoms with E-state index in [1.54, 1.807) is 0 Å². The topological polar surface area (TPSA) is 77.1 Å². The lowest BCUT2D eigenvalue weighted by molar-refractivity contribution is 0.174. The Kier molecular flexibility index (Phi) is 4.93. The lowest BCUT2D eigenvalue weighted by Gasteiger charge is -2.13. The van der Waals surface area contributed by atoms with Crippen molar-refractivity contribution in [3.05, 3.63) is 10.5 Å². The maximum Gasteiger partial charge on any atom is 0.353 e. The average molecular weight is 241 g/mol. The summed E-state index contributed by atoms with van der Waals surface area (Å²) in [5, 5.41) is 0. The third kappa shape index (κ3) is 4.42. The summed E-state index contributed by atoms with van der Waals surface area (Å²) in [4.78, 5) is 21.3. The highest BCUT2D eigenvalue weighted by Gasteiger charge is 2.10. The van der Waals surface area contributed by atoms with Crippen LogP contribution in [0.1, 0.15) is 40.5 Å². The molecule has 0 bridgehead atoms. The number of hydrogen-bond donors (Lipinski definition) is 1. The van der Waals surface area contributed by atoms with E-state index in [1.165, 1.54) is 0 Å². The Morgan fingerprint density at radius 1 is 1.12 bits per heavy atom. The van der Waals surface area contributed by atoms with E-state index in [-0.39, 0.29) is 24.2 Å². The minimum Gasteiger partial charge on any atom is -0.462 e. The molecule has 2 atom stereocenters. The van der Waals surface area contributed by atoms with E-state index in [9.17, 15) is 4.79 Å². The van der Waals surface area contributed by atoms with E-state index in [2.05, 4.69) is 15.0 Å². The molecular weight excluding hydrogens is 222 g/mol. The molecule has 6 heteroatoms. The van der Waals surface area contributed by atoms with Crippen LogP contribution in [0.3, 0.4) is 0 Å². The fourth-order valence-corrected chi connectivity index (χ4v) is 0.992. The van der Waals surface area contributed by atoms with Crippen molar-refractivity contribution in [2.45, 2.75) is 52.7 Å². The first-order valence-electron chi connectivity index (χ1n) is 5.86. The summed E-state index contributed by atoms with van der Waals surface area (Å²) in [5.41, 5.74) is -0.517. The van der Waals surface area contributed by atoms with Crippen LogP contribution in [-0.2, 0) is 0 Å². The van der Waals surface area contributed by atoms with E-state index >= 15 is 0 Å². The molecule has 1 rings (SSSR count). The molecular formula is C11H19N3O3.